The van der Waals surface area contributed by atoms with Gasteiger partial charge in [-0.1, -0.05) is 6.08 Å². The van der Waals surface area contributed by atoms with Crippen LogP contribution >= 0.6 is 0 Å². The first kappa shape index (κ1) is 5.88. The van der Waals surface area contributed by atoms with Crippen LogP contribution < -0.4 is 5.73 Å². The van der Waals surface area contributed by atoms with Crippen molar-refractivity contribution in [1.29, 1.82) is 0 Å². The lowest BCUT2D eigenvalue weighted by Crippen LogP contribution is -1.94. The number of rotatable bonds is 1. The summed E-state index contributed by atoms with van der Waals surface area (Å²) >= 11 is 0. The van der Waals surface area contributed by atoms with Gasteiger partial charge in [-0.15, -0.1) is 0 Å². The second kappa shape index (κ2) is 2.35. The Kier molecular flexibility index (Phi) is 1.53. The van der Waals surface area contributed by atoms with E-state index in [0.717, 1.165) is 0 Å². The predicted molar refractivity (Wildman–Crippen MR) is 37.6 cm³/mol. The lowest BCUT2D eigenvalue weighted by molar-refractivity contribution is 0.944. The van der Waals surface area contributed by atoms with E-state index in [4.69, 9.17) is 5.73 Å². The molecule has 3 nitrogen and oxygen atoms in total. The molecule has 0 atom stereocenters. The van der Waals surface area contributed by atoms with Crippen LogP contribution in [0.2, 0.25) is 0 Å². The Morgan fingerprint density at radius 1 is 1.78 bits per heavy atom. The van der Waals surface area contributed by atoms with E-state index in [-0.39, 0.29) is 0 Å². The Labute approximate surface area is 53.8 Å². The lowest BCUT2D eigenvalue weighted by Gasteiger charge is -1.91. The minimum absolute atomic E-state index is 0.660. The van der Waals surface area contributed by atoms with E-state index in [1.807, 2.05) is 13.0 Å². The number of hydrogen-bond donors (Lipinski definition) is 1. The van der Waals surface area contributed by atoms with Crippen LogP contribution in [0.4, 0.5) is 5.82 Å². The van der Waals surface area contributed by atoms with E-state index < -0.39 is 0 Å². The summed E-state index contributed by atoms with van der Waals surface area (Å²) in [5.74, 6) is 0.660. The van der Waals surface area contributed by atoms with Gasteiger partial charge in [0.2, 0.25) is 0 Å². The van der Waals surface area contributed by atoms with Crippen molar-refractivity contribution >= 4 is 12.0 Å². The number of allylic oxidation sites excluding steroid dienone is 1. The van der Waals surface area contributed by atoms with E-state index in [1.54, 1.807) is 23.1 Å². The molecule has 0 bridgehead atoms. The highest BCUT2D eigenvalue weighted by molar-refractivity contribution is 5.36. The van der Waals surface area contributed by atoms with Crippen LogP contribution in [0, 0.1) is 0 Å². The van der Waals surface area contributed by atoms with Crippen LogP contribution in [0.5, 0.6) is 0 Å². The highest BCUT2D eigenvalue weighted by Crippen LogP contribution is 1.98. The molecule has 1 heterocycles. The Balaban J connectivity index is 2.94. The van der Waals surface area contributed by atoms with Gasteiger partial charge in [0.05, 0.1) is 6.20 Å². The monoisotopic (exact) mass is 123 g/mol. The van der Waals surface area contributed by atoms with Crippen molar-refractivity contribution in [1.82, 2.24) is 9.78 Å². The molecule has 1 aromatic heterocycles. The first-order valence-electron chi connectivity index (χ1n) is 2.76. The van der Waals surface area contributed by atoms with E-state index in [2.05, 4.69) is 5.10 Å². The van der Waals surface area contributed by atoms with Crippen LogP contribution in [-0.4, -0.2) is 9.78 Å². The molecular formula is C6H9N3. The lowest BCUT2D eigenvalue weighted by atomic mass is 10.6. The number of aromatic nitrogens is 2. The molecule has 48 valence electrons. The average Bonchev–Trinajstić information content (AvgIpc) is 2.18. The van der Waals surface area contributed by atoms with Gasteiger partial charge in [0, 0.05) is 12.3 Å². The molecule has 2 N–H and O–H groups in total. The van der Waals surface area contributed by atoms with Crippen LogP contribution in [0.1, 0.15) is 6.92 Å². The molecule has 0 fully saturated rings. The molecule has 9 heavy (non-hydrogen) atoms. The molecule has 0 saturated carbocycles. The van der Waals surface area contributed by atoms with Gasteiger partial charge in [0.1, 0.15) is 5.82 Å². The molecule has 0 aromatic carbocycles. The van der Waals surface area contributed by atoms with E-state index in [1.165, 1.54) is 0 Å². The number of nitrogens with zero attached hydrogens (tertiary/aromatic N) is 2. The Hall–Kier alpha value is -1.25. The fourth-order valence-electron chi connectivity index (χ4n) is 0.590. The van der Waals surface area contributed by atoms with Crippen LogP contribution in [0.3, 0.4) is 0 Å². The second-order valence-electron chi connectivity index (χ2n) is 1.68. The largest absolute Gasteiger partial charge is 0.384 e. The van der Waals surface area contributed by atoms with Crippen molar-refractivity contribution in [2.24, 2.45) is 0 Å². The van der Waals surface area contributed by atoms with Gasteiger partial charge in [-0.25, -0.2) is 4.68 Å². The van der Waals surface area contributed by atoms with E-state index >= 15 is 0 Å². The number of nitrogens with two attached hydrogens (primary N) is 1. The number of anilines is 1. The van der Waals surface area contributed by atoms with Crippen LogP contribution in [-0.2, 0) is 0 Å². The summed E-state index contributed by atoms with van der Waals surface area (Å²) in [6.45, 7) is 1.92. The summed E-state index contributed by atoms with van der Waals surface area (Å²) in [7, 11) is 0. The molecule has 0 aliphatic rings. The minimum Gasteiger partial charge on any atom is -0.384 e. The zero-order chi connectivity index (χ0) is 6.69. The molecular weight excluding hydrogens is 114 g/mol. The van der Waals surface area contributed by atoms with Crippen molar-refractivity contribution in [2.45, 2.75) is 6.92 Å². The zero-order valence-electron chi connectivity index (χ0n) is 5.28. The molecule has 0 amide bonds. The number of hydrogen-bond acceptors (Lipinski definition) is 2. The normalized spacial score (nSPS) is 10.8. The Morgan fingerprint density at radius 2 is 2.56 bits per heavy atom. The third-order valence-corrected chi connectivity index (χ3v) is 0.991. The fourth-order valence-corrected chi connectivity index (χ4v) is 0.590. The maximum Gasteiger partial charge on any atom is 0.126 e. The van der Waals surface area contributed by atoms with Crippen molar-refractivity contribution in [3.8, 4) is 0 Å². The Bertz CT molecular complexity index is 212. The quantitative estimate of drug-likeness (QED) is 0.604. The minimum atomic E-state index is 0.660. The number of nitrogen functional groups attached to an aromatic ring is 1. The molecule has 3 heteroatoms. The molecule has 1 aromatic rings. The molecule has 0 aliphatic carbocycles. The molecule has 0 saturated heterocycles. The van der Waals surface area contributed by atoms with Gasteiger partial charge >= 0.3 is 0 Å². The van der Waals surface area contributed by atoms with Gasteiger partial charge in [-0.05, 0) is 6.92 Å². The van der Waals surface area contributed by atoms with Gasteiger partial charge < -0.3 is 5.73 Å². The highest BCUT2D eigenvalue weighted by Gasteiger charge is 1.88. The van der Waals surface area contributed by atoms with Crippen LogP contribution in [0.25, 0.3) is 6.20 Å². The SMILES string of the molecule is C/C=C\n1nccc1N. The molecule has 0 aliphatic heterocycles. The van der Waals surface area contributed by atoms with Gasteiger partial charge in [-0.2, -0.15) is 5.10 Å². The van der Waals surface area contributed by atoms with Crippen molar-refractivity contribution in [2.75, 3.05) is 5.73 Å². The molecule has 1 rings (SSSR count). The standard InChI is InChI=1S/C6H9N3/c1-2-5-9-6(7)3-4-8-9/h2-5H,7H2,1H3/b5-2-. The highest BCUT2D eigenvalue weighted by atomic mass is 15.3. The van der Waals surface area contributed by atoms with Gasteiger partial charge in [0.25, 0.3) is 0 Å². The second-order valence-corrected chi connectivity index (χ2v) is 1.68. The van der Waals surface area contributed by atoms with E-state index in [9.17, 15) is 0 Å². The van der Waals surface area contributed by atoms with Crippen molar-refractivity contribution in [3.63, 3.8) is 0 Å². The fraction of sp³-hybridized carbons (Fsp3) is 0.167. The molecule has 0 unspecified atom stereocenters. The van der Waals surface area contributed by atoms with Gasteiger partial charge in [0.15, 0.2) is 0 Å². The maximum absolute atomic E-state index is 5.48. The summed E-state index contributed by atoms with van der Waals surface area (Å²) in [5.41, 5.74) is 5.48. The zero-order valence-corrected chi connectivity index (χ0v) is 5.28. The van der Waals surface area contributed by atoms with E-state index in [0.29, 0.717) is 5.82 Å². The maximum atomic E-state index is 5.48. The molecule has 0 spiro atoms. The smallest absolute Gasteiger partial charge is 0.126 e. The summed E-state index contributed by atoms with van der Waals surface area (Å²) in [6, 6.07) is 1.75. The van der Waals surface area contributed by atoms with Crippen molar-refractivity contribution in [3.05, 3.63) is 18.3 Å². The van der Waals surface area contributed by atoms with Gasteiger partial charge in [-0.3, -0.25) is 0 Å². The Morgan fingerprint density at radius 3 is 3.00 bits per heavy atom. The van der Waals surface area contributed by atoms with Crippen LogP contribution in [0.15, 0.2) is 18.3 Å². The summed E-state index contributed by atoms with van der Waals surface area (Å²) < 4.78 is 1.61. The predicted octanol–water partition coefficient (Wildman–Crippen LogP) is 0.956. The first-order valence-corrected chi connectivity index (χ1v) is 2.76. The summed E-state index contributed by atoms with van der Waals surface area (Å²) in [5, 5.41) is 3.91. The van der Waals surface area contributed by atoms with Crippen molar-refractivity contribution < 1.29 is 0 Å². The third-order valence-electron chi connectivity index (χ3n) is 0.991. The third kappa shape index (κ3) is 1.10. The average molecular weight is 123 g/mol. The summed E-state index contributed by atoms with van der Waals surface area (Å²) in [4.78, 5) is 0. The first-order chi connectivity index (χ1) is 4.34. The topological polar surface area (TPSA) is 43.8 Å². The summed E-state index contributed by atoms with van der Waals surface area (Å²) in [6.07, 6.45) is 5.34. The molecule has 0 radical (unpaired) electrons.